The number of aliphatic hydroxyl groups excluding tert-OH is 1. The zero-order chi connectivity index (χ0) is 23.3. The van der Waals surface area contributed by atoms with Gasteiger partial charge in [0.05, 0.1) is 30.9 Å². The molecule has 1 aliphatic rings. The summed E-state index contributed by atoms with van der Waals surface area (Å²) in [7, 11) is 0. The third-order valence-corrected chi connectivity index (χ3v) is 5.69. The monoisotopic (exact) mass is 460 g/mol. The predicted octanol–water partition coefficient (Wildman–Crippen LogP) is 2.56. The van der Waals surface area contributed by atoms with Crippen LogP contribution >= 0.6 is 0 Å². The van der Waals surface area contributed by atoms with E-state index in [1.54, 1.807) is 0 Å². The van der Waals surface area contributed by atoms with Crippen molar-refractivity contribution in [3.63, 3.8) is 0 Å². The lowest BCUT2D eigenvalue weighted by atomic mass is 10.2. The summed E-state index contributed by atoms with van der Waals surface area (Å²) in [6, 6.07) is 16.4. The number of hydrogen-bond acceptors (Lipinski definition) is 9. The first-order valence-corrected chi connectivity index (χ1v) is 11.4. The molecule has 2 aromatic heterocycles. The smallest absolute Gasteiger partial charge is 0.233 e. The molecule has 3 N–H and O–H groups in total. The van der Waals surface area contributed by atoms with E-state index in [-0.39, 0.29) is 6.61 Å². The van der Waals surface area contributed by atoms with Crippen LogP contribution in [0.25, 0.3) is 11.0 Å². The van der Waals surface area contributed by atoms with Gasteiger partial charge in [-0.25, -0.2) is 4.98 Å². The minimum Gasteiger partial charge on any atom is -0.395 e. The summed E-state index contributed by atoms with van der Waals surface area (Å²) >= 11 is 0. The highest BCUT2D eigenvalue weighted by molar-refractivity contribution is 5.81. The van der Waals surface area contributed by atoms with Crippen molar-refractivity contribution in [2.24, 2.45) is 0 Å². The van der Waals surface area contributed by atoms with Crippen LogP contribution in [0.4, 0.5) is 23.5 Å². The lowest BCUT2D eigenvalue weighted by molar-refractivity contribution is 0.122. The van der Waals surface area contributed by atoms with E-state index < -0.39 is 0 Å². The highest BCUT2D eigenvalue weighted by atomic mass is 16.5. The Morgan fingerprint density at radius 2 is 1.76 bits per heavy atom. The number of nitrogens with zero attached hydrogens (tertiary/aromatic N) is 6. The van der Waals surface area contributed by atoms with Gasteiger partial charge in [0.2, 0.25) is 17.8 Å². The van der Waals surface area contributed by atoms with E-state index in [9.17, 15) is 5.11 Å². The number of fused-ring (bicyclic) bond motifs is 1. The Morgan fingerprint density at radius 3 is 2.56 bits per heavy atom. The maximum Gasteiger partial charge on any atom is 0.233 e. The molecule has 3 heterocycles. The van der Waals surface area contributed by atoms with Gasteiger partial charge < -0.3 is 29.9 Å². The van der Waals surface area contributed by atoms with Crippen LogP contribution in [0.5, 0.6) is 0 Å². The Morgan fingerprint density at radius 1 is 0.971 bits per heavy atom. The van der Waals surface area contributed by atoms with Crippen LogP contribution in [0.15, 0.2) is 48.5 Å². The Labute approximate surface area is 197 Å². The van der Waals surface area contributed by atoms with Gasteiger partial charge in [0.15, 0.2) is 0 Å². The number of hydrogen-bond donors (Lipinski definition) is 3. The molecule has 10 nitrogen and oxygen atoms in total. The average molecular weight is 461 g/mol. The first-order chi connectivity index (χ1) is 16.7. The highest BCUT2D eigenvalue weighted by Gasteiger charge is 2.17. The molecule has 1 saturated heterocycles. The van der Waals surface area contributed by atoms with Crippen molar-refractivity contribution in [1.82, 2.24) is 24.5 Å². The van der Waals surface area contributed by atoms with E-state index in [1.165, 1.54) is 5.56 Å². The fourth-order valence-electron chi connectivity index (χ4n) is 3.99. The molecule has 10 heteroatoms. The molecule has 0 radical (unpaired) electrons. The Hall–Kier alpha value is -3.76. The molecular weight excluding hydrogens is 432 g/mol. The highest BCUT2D eigenvalue weighted by Crippen LogP contribution is 2.24. The first kappa shape index (κ1) is 22.1. The van der Waals surface area contributed by atoms with E-state index in [0.29, 0.717) is 50.7 Å². The fraction of sp³-hybridized carbons (Fsp3) is 0.333. The summed E-state index contributed by atoms with van der Waals surface area (Å²) in [4.78, 5) is 20.5. The van der Waals surface area contributed by atoms with Crippen LogP contribution in [0, 0.1) is 6.92 Å². The van der Waals surface area contributed by atoms with Gasteiger partial charge in [-0.1, -0.05) is 30.3 Å². The van der Waals surface area contributed by atoms with E-state index >= 15 is 0 Å². The van der Waals surface area contributed by atoms with Gasteiger partial charge >= 0.3 is 0 Å². The van der Waals surface area contributed by atoms with Crippen molar-refractivity contribution in [1.29, 1.82) is 0 Å². The fourth-order valence-corrected chi connectivity index (χ4v) is 3.99. The van der Waals surface area contributed by atoms with Gasteiger partial charge in [-0.2, -0.15) is 15.0 Å². The molecule has 0 unspecified atom stereocenters. The summed E-state index contributed by atoms with van der Waals surface area (Å²) in [5.41, 5.74) is 4.04. The Kier molecular flexibility index (Phi) is 6.50. The van der Waals surface area contributed by atoms with Crippen LogP contribution in [-0.2, 0) is 11.3 Å². The summed E-state index contributed by atoms with van der Waals surface area (Å²) in [5, 5.41) is 15.5. The number of morpholine rings is 1. The van der Waals surface area contributed by atoms with E-state index in [0.717, 1.165) is 29.1 Å². The maximum absolute atomic E-state index is 9.18. The number of anilines is 4. The van der Waals surface area contributed by atoms with Gasteiger partial charge in [0.25, 0.3) is 0 Å². The lowest BCUT2D eigenvalue weighted by Gasteiger charge is -2.27. The van der Waals surface area contributed by atoms with Crippen LogP contribution in [0.3, 0.4) is 0 Å². The van der Waals surface area contributed by atoms with E-state index in [4.69, 9.17) is 9.72 Å². The number of aryl methyl sites for hydroxylation is 1. The minimum atomic E-state index is -0.0109. The normalized spacial score (nSPS) is 13.9. The van der Waals surface area contributed by atoms with Crippen molar-refractivity contribution in [3.05, 3.63) is 59.9 Å². The van der Waals surface area contributed by atoms with Crippen molar-refractivity contribution < 1.29 is 9.84 Å². The first-order valence-electron chi connectivity index (χ1n) is 11.4. The molecule has 34 heavy (non-hydrogen) atoms. The minimum absolute atomic E-state index is 0.0109. The van der Waals surface area contributed by atoms with Crippen LogP contribution in [0.2, 0.25) is 0 Å². The van der Waals surface area contributed by atoms with Crippen molar-refractivity contribution in [2.45, 2.75) is 13.5 Å². The number of ether oxygens (including phenoxy) is 1. The molecule has 0 saturated carbocycles. The quantitative estimate of drug-likeness (QED) is 0.365. The number of benzene rings is 2. The predicted molar refractivity (Wildman–Crippen MR) is 132 cm³/mol. The summed E-state index contributed by atoms with van der Waals surface area (Å²) in [6.07, 6.45) is 0. The van der Waals surface area contributed by atoms with Gasteiger partial charge in [0.1, 0.15) is 5.82 Å². The van der Waals surface area contributed by atoms with Crippen molar-refractivity contribution in [2.75, 3.05) is 55.0 Å². The Bertz CT molecular complexity index is 1250. The second-order valence-electron chi connectivity index (χ2n) is 8.09. The maximum atomic E-state index is 9.18. The molecule has 1 fully saturated rings. The molecule has 0 atom stereocenters. The molecule has 0 aliphatic carbocycles. The molecule has 0 amide bonds. The van der Waals surface area contributed by atoms with Crippen molar-refractivity contribution >= 4 is 34.6 Å². The van der Waals surface area contributed by atoms with Gasteiger partial charge in [-0.3, -0.25) is 0 Å². The SMILES string of the molecule is Cc1nc2cc(Nc3nc(NCCO)nc(N4CCOCC4)n3)ccc2n1Cc1ccccc1. The number of aliphatic hydroxyl groups is 1. The molecular formula is C24H28N8O2. The van der Waals surface area contributed by atoms with Gasteiger partial charge in [0, 0.05) is 31.9 Å². The molecule has 4 aromatic rings. The third kappa shape index (κ3) is 4.92. The summed E-state index contributed by atoms with van der Waals surface area (Å²) in [6.45, 7) is 5.84. The Balaban J connectivity index is 1.41. The average Bonchev–Trinajstić information content (AvgIpc) is 3.17. The van der Waals surface area contributed by atoms with Gasteiger partial charge in [-0.05, 0) is 30.7 Å². The molecule has 2 aromatic carbocycles. The number of nitrogens with one attached hydrogen (secondary N) is 2. The largest absolute Gasteiger partial charge is 0.395 e. The number of aromatic nitrogens is 5. The zero-order valence-electron chi connectivity index (χ0n) is 19.1. The van der Waals surface area contributed by atoms with E-state index in [1.807, 2.05) is 25.1 Å². The van der Waals surface area contributed by atoms with Crippen molar-refractivity contribution in [3.8, 4) is 0 Å². The molecule has 0 spiro atoms. The number of imidazole rings is 1. The van der Waals surface area contributed by atoms with Crippen LogP contribution in [0.1, 0.15) is 11.4 Å². The topological polar surface area (TPSA) is 113 Å². The van der Waals surface area contributed by atoms with Gasteiger partial charge in [-0.15, -0.1) is 0 Å². The summed E-state index contributed by atoms with van der Waals surface area (Å²) in [5.74, 6) is 2.38. The molecule has 5 rings (SSSR count). The number of rotatable bonds is 8. The zero-order valence-corrected chi connectivity index (χ0v) is 19.1. The van der Waals surface area contributed by atoms with Crippen LogP contribution < -0.4 is 15.5 Å². The second-order valence-corrected chi connectivity index (χ2v) is 8.09. The standard InChI is InChI=1S/C24H28N8O2/c1-17-26-20-15-19(7-8-21(20)32(17)16-18-5-3-2-4-6-18)27-23-28-22(25-9-12-33)29-24(30-23)31-10-13-34-14-11-31/h2-8,15,33H,9-14,16H2,1H3,(H2,25,27,28,29,30). The molecule has 1 aliphatic heterocycles. The second kappa shape index (κ2) is 10.0. The van der Waals surface area contributed by atoms with Crippen LogP contribution in [-0.4, -0.2) is 69.1 Å². The summed E-state index contributed by atoms with van der Waals surface area (Å²) < 4.78 is 7.66. The molecule has 0 bridgehead atoms. The van der Waals surface area contributed by atoms with E-state index in [2.05, 4.69) is 65.4 Å². The third-order valence-electron chi connectivity index (χ3n) is 5.69. The lowest BCUT2D eigenvalue weighted by Crippen LogP contribution is -2.37. The molecule has 176 valence electrons.